The topological polar surface area (TPSA) is 50.7 Å². The van der Waals surface area contributed by atoms with E-state index in [1.807, 2.05) is 6.92 Å². The van der Waals surface area contributed by atoms with Crippen LogP contribution in [0.4, 0.5) is 18.3 Å². The highest BCUT2D eigenvalue weighted by molar-refractivity contribution is 8.00. The summed E-state index contributed by atoms with van der Waals surface area (Å²) >= 11 is 3.64. The summed E-state index contributed by atoms with van der Waals surface area (Å²) in [7, 11) is 0. The smallest absolute Gasteiger partial charge is 0.360 e. The first-order valence-electron chi connectivity index (χ1n) is 5.63. The highest BCUT2D eigenvalue weighted by Crippen LogP contribution is 2.38. The van der Waals surface area contributed by atoms with E-state index < -0.39 is 11.9 Å². The summed E-state index contributed by atoms with van der Waals surface area (Å²) in [6, 6.07) is 0. The molecule has 20 heavy (non-hydrogen) atoms. The van der Waals surface area contributed by atoms with Crippen molar-refractivity contribution in [1.29, 1.82) is 0 Å². The largest absolute Gasteiger partial charge is 0.434 e. The molecule has 0 aliphatic heterocycles. The van der Waals surface area contributed by atoms with Crippen molar-refractivity contribution in [1.82, 2.24) is 15.2 Å². The van der Waals surface area contributed by atoms with Crippen LogP contribution in [0.5, 0.6) is 0 Å². The average Bonchev–Trinajstić information content (AvgIpc) is 2.93. The van der Waals surface area contributed by atoms with Crippen LogP contribution in [0.2, 0.25) is 0 Å². The summed E-state index contributed by atoms with van der Waals surface area (Å²) in [5, 5.41) is 11.9. The SMILES string of the molecule is CCNc1nnc(SCc2sc(C)nc2C(F)(F)F)s1. The molecule has 0 aromatic carbocycles. The molecule has 0 saturated heterocycles. The van der Waals surface area contributed by atoms with E-state index in [0.717, 1.165) is 17.9 Å². The number of thioether (sulfide) groups is 1. The lowest BCUT2D eigenvalue weighted by atomic mass is 10.4. The predicted octanol–water partition coefficient (Wildman–Crippen LogP) is 4.05. The molecule has 4 nitrogen and oxygen atoms in total. The zero-order valence-corrected chi connectivity index (χ0v) is 13.1. The van der Waals surface area contributed by atoms with E-state index in [2.05, 4.69) is 20.5 Å². The number of nitrogens with one attached hydrogen (secondary N) is 1. The number of halogens is 3. The minimum absolute atomic E-state index is 0.196. The lowest BCUT2D eigenvalue weighted by molar-refractivity contribution is -0.141. The minimum Gasteiger partial charge on any atom is -0.360 e. The fourth-order valence-corrected chi connectivity index (χ4v) is 4.25. The number of rotatable bonds is 5. The Morgan fingerprint density at radius 3 is 2.65 bits per heavy atom. The number of anilines is 1. The first kappa shape index (κ1) is 15.5. The van der Waals surface area contributed by atoms with Gasteiger partial charge in [0.05, 0.1) is 5.01 Å². The zero-order valence-electron chi connectivity index (χ0n) is 10.6. The molecule has 2 aromatic heterocycles. The quantitative estimate of drug-likeness (QED) is 0.832. The lowest BCUT2D eigenvalue weighted by Gasteiger charge is -2.04. The van der Waals surface area contributed by atoms with Crippen molar-refractivity contribution in [3.8, 4) is 0 Å². The molecule has 0 spiro atoms. The van der Waals surface area contributed by atoms with Crippen LogP contribution < -0.4 is 5.32 Å². The van der Waals surface area contributed by atoms with Gasteiger partial charge in [0, 0.05) is 17.2 Å². The Hall–Kier alpha value is -0.870. The Kier molecular flexibility index (Phi) is 4.86. The van der Waals surface area contributed by atoms with E-state index in [1.54, 1.807) is 6.92 Å². The summed E-state index contributed by atoms with van der Waals surface area (Å²) in [6.07, 6.45) is -4.41. The number of thiazole rings is 1. The van der Waals surface area contributed by atoms with Crippen molar-refractivity contribution in [3.63, 3.8) is 0 Å². The molecule has 2 heterocycles. The van der Waals surface area contributed by atoms with Crippen LogP contribution in [-0.2, 0) is 11.9 Å². The van der Waals surface area contributed by atoms with Crippen LogP contribution in [0, 0.1) is 6.92 Å². The highest BCUT2D eigenvalue weighted by Gasteiger charge is 2.36. The molecular weight excluding hydrogens is 329 g/mol. The second-order valence-corrected chi connectivity index (χ2v) is 7.18. The Bertz CT molecular complexity index is 579. The van der Waals surface area contributed by atoms with Gasteiger partial charge < -0.3 is 5.32 Å². The van der Waals surface area contributed by atoms with Gasteiger partial charge in [0.2, 0.25) is 5.13 Å². The Morgan fingerprint density at radius 2 is 2.00 bits per heavy atom. The number of alkyl halides is 3. The van der Waals surface area contributed by atoms with Crippen LogP contribution in [0.1, 0.15) is 22.5 Å². The van der Waals surface area contributed by atoms with E-state index >= 15 is 0 Å². The molecule has 1 N–H and O–H groups in total. The summed E-state index contributed by atoms with van der Waals surface area (Å²) < 4.78 is 39.0. The third-order valence-corrected chi connectivity index (χ3v) is 5.33. The van der Waals surface area contributed by atoms with Gasteiger partial charge in [-0.3, -0.25) is 0 Å². The zero-order chi connectivity index (χ0) is 14.8. The summed E-state index contributed by atoms with van der Waals surface area (Å²) in [6.45, 7) is 4.23. The second kappa shape index (κ2) is 6.27. The van der Waals surface area contributed by atoms with Crippen molar-refractivity contribution in [2.45, 2.75) is 30.1 Å². The van der Waals surface area contributed by atoms with Crippen LogP contribution in [-0.4, -0.2) is 21.7 Å². The van der Waals surface area contributed by atoms with E-state index in [-0.39, 0.29) is 10.6 Å². The van der Waals surface area contributed by atoms with Crippen molar-refractivity contribution in [2.24, 2.45) is 0 Å². The molecule has 0 unspecified atom stereocenters. The van der Waals surface area contributed by atoms with Crippen molar-refractivity contribution in [2.75, 3.05) is 11.9 Å². The maximum absolute atomic E-state index is 12.8. The van der Waals surface area contributed by atoms with Gasteiger partial charge in [-0.15, -0.1) is 21.5 Å². The molecule has 2 rings (SSSR count). The van der Waals surface area contributed by atoms with Crippen molar-refractivity contribution in [3.05, 3.63) is 15.6 Å². The second-order valence-electron chi connectivity index (χ2n) is 3.69. The molecule has 0 saturated carbocycles. The first-order chi connectivity index (χ1) is 9.40. The molecule has 110 valence electrons. The summed E-state index contributed by atoms with van der Waals surface area (Å²) in [4.78, 5) is 3.79. The molecule has 10 heteroatoms. The molecule has 0 atom stereocenters. The van der Waals surface area contributed by atoms with Crippen molar-refractivity contribution >= 4 is 39.6 Å². The molecule has 0 aliphatic carbocycles. The molecule has 0 amide bonds. The lowest BCUT2D eigenvalue weighted by Crippen LogP contribution is -2.08. The molecule has 0 radical (unpaired) electrons. The van der Waals surface area contributed by atoms with Crippen LogP contribution in [0.3, 0.4) is 0 Å². The highest BCUT2D eigenvalue weighted by atomic mass is 32.2. The van der Waals surface area contributed by atoms with Crippen LogP contribution in [0.25, 0.3) is 0 Å². The van der Waals surface area contributed by atoms with Gasteiger partial charge in [0.1, 0.15) is 0 Å². The van der Waals surface area contributed by atoms with Gasteiger partial charge in [0.25, 0.3) is 0 Å². The fraction of sp³-hybridized carbons (Fsp3) is 0.500. The van der Waals surface area contributed by atoms with Crippen molar-refractivity contribution < 1.29 is 13.2 Å². The normalized spacial score (nSPS) is 11.8. The summed E-state index contributed by atoms with van der Waals surface area (Å²) in [5.74, 6) is 0.196. The average molecular weight is 340 g/mol. The van der Waals surface area contributed by atoms with Gasteiger partial charge >= 0.3 is 6.18 Å². The first-order valence-corrected chi connectivity index (χ1v) is 8.25. The number of hydrogen-bond acceptors (Lipinski definition) is 7. The molecule has 2 aromatic rings. The maximum Gasteiger partial charge on any atom is 0.434 e. The number of aryl methyl sites for hydroxylation is 1. The minimum atomic E-state index is -4.41. The molecule has 0 aliphatic rings. The van der Waals surface area contributed by atoms with Crippen LogP contribution >= 0.6 is 34.4 Å². The predicted molar refractivity (Wildman–Crippen MR) is 75.5 cm³/mol. The molecule has 0 bridgehead atoms. The molecular formula is C10H11F3N4S3. The Balaban J connectivity index is 2.06. The maximum atomic E-state index is 12.8. The fourth-order valence-electron chi connectivity index (χ4n) is 1.41. The van der Waals surface area contributed by atoms with Crippen LogP contribution in [0.15, 0.2) is 4.34 Å². The van der Waals surface area contributed by atoms with Gasteiger partial charge in [-0.2, -0.15) is 13.2 Å². The monoisotopic (exact) mass is 340 g/mol. The van der Waals surface area contributed by atoms with Gasteiger partial charge in [-0.1, -0.05) is 23.1 Å². The van der Waals surface area contributed by atoms with E-state index in [9.17, 15) is 13.2 Å². The summed E-state index contributed by atoms with van der Waals surface area (Å²) in [5.41, 5.74) is -0.788. The Labute approximate surface area is 125 Å². The van der Waals surface area contributed by atoms with E-state index in [4.69, 9.17) is 0 Å². The van der Waals surface area contributed by atoms with Gasteiger partial charge in [-0.05, 0) is 13.8 Å². The van der Waals surface area contributed by atoms with E-state index in [0.29, 0.717) is 14.5 Å². The van der Waals surface area contributed by atoms with Gasteiger partial charge in [0.15, 0.2) is 10.0 Å². The van der Waals surface area contributed by atoms with E-state index in [1.165, 1.54) is 23.1 Å². The number of nitrogens with zero attached hydrogens (tertiary/aromatic N) is 3. The Morgan fingerprint density at radius 1 is 1.25 bits per heavy atom. The number of hydrogen-bond donors (Lipinski definition) is 1. The van der Waals surface area contributed by atoms with Gasteiger partial charge in [-0.25, -0.2) is 4.98 Å². The third kappa shape index (κ3) is 3.83. The standard InChI is InChI=1S/C10H11F3N4S3/c1-3-14-8-16-17-9(20-8)18-4-6-7(10(11,12)13)15-5(2)19-6/h3-4H2,1-2H3,(H,14,16). The third-order valence-electron chi connectivity index (χ3n) is 2.13. The number of aromatic nitrogens is 3. The molecule has 0 fully saturated rings.